The molecule has 0 saturated heterocycles. The van der Waals surface area contributed by atoms with Crippen molar-refractivity contribution in [2.75, 3.05) is 0 Å². The number of para-hydroxylation sites is 2. The van der Waals surface area contributed by atoms with Crippen LogP contribution in [0.25, 0.3) is 11.1 Å². The summed E-state index contributed by atoms with van der Waals surface area (Å²) in [6.45, 7) is 0. The van der Waals surface area contributed by atoms with Crippen molar-refractivity contribution in [1.82, 2.24) is 0 Å². The molecule has 0 aliphatic rings. The minimum Gasteiger partial charge on any atom is -0.507 e. The Morgan fingerprint density at radius 1 is 0.727 bits per heavy atom. The van der Waals surface area contributed by atoms with Crippen LogP contribution in [0.1, 0.15) is 5.56 Å². The summed E-state index contributed by atoms with van der Waals surface area (Å²) in [4.78, 5) is 4.39. The second-order valence-electron chi connectivity index (χ2n) is 4.70. The normalized spacial score (nSPS) is 10.4. The van der Waals surface area contributed by atoms with Gasteiger partial charge in [-0.05, 0) is 23.8 Å². The van der Waals surface area contributed by atoms with Gasteiger partial charge in [0.05, 0.1) is 5.69 Å². The summed E-state index contributed by atoms with van der Waals surface area (Å²) in [5.41, 5.74) is 3.37. The monoisotopic (exact) mass is 332 g/mol. The Hall–Kier alpha value is -2.36. The van der Waals surface area contributed by atoms with Crippen LogP contribution in [0.2, 0.25) is 0 Å². The molecule has 0 aliphatic heterocycles. The maximum absolute atomic E-state index is 10.4. The largest absolute Gasteiger partial charge is 0.507 e. The van der Waals surface area contributed by atoms with E-state index in [0.717, 1.165) is 16.8 Å². The molecule has 0 aromatic heterocycles. The molecule has 1 radical (unpaired) electrons. The summed E-state index contributed by atoms with van der Waals surface area (Å²) >= 11 is 0. The average molecular weight is 332 g/mol. The molecule has 0 unspecified atom stereocenters. The number of aliphatic imine (C=N–C) groups is 1. The Labute approximate surface area is 140 Å². The van der Waals surface area contributed by atoms with Crippen molar-refractivity contribution in [1.29, 1.82) is 0 Å². The number of phenolic OH excluding ortho intramolecular Hbond substituents is 1. The zero-order chi connectivity index (χ0) is 14.5. The van der Waals surface area contributed by atoms with Gasteiger partial charge in [-0.1, -0.05) is 60.7 Å². The van der Waals surface area contributed by atoms with Crippen molar-refractivity contribution < 1.29 is 21.9 Å². The van der Waals surface area contributed by atoms with Gasteiger partial charge in [0.25, 0.3) is 0 Å². The third-order valence-electron chi connectivity index (χ3n) is 3.26. The second-order valence-corrected chi connectivity index (χ2v) is 4.70. The minimum atomic E-state index is 0. The van der Waals surface area contributed by atoms with Gasteiger partial charge in [-0.25, -0.2) is 0 Å². The summed E-state index contributed by atoms with van der Waals surface area (Å²) in [6.07, 6.45) is 1.69. The van der Waals surface area contributed by atoms with Gasteiger partial charge >= 0.3 is 0 Å². The fourth-order valence-corrected chi connectivity index (χ4v) is 2.17. The predicted octanol–water partition coefficient (Wildman–Crippen LogP) is 4.81. The van der Waals surface area contributed by atoms with Crippen LogP contribution in [-0.4, -0.2) is 11.3 Å². The molecule has 0 bridgehead atoms. The van der Waals surface area contributed by atoms with E-state index in [4.69, 9.17) is 0 Å². The summed E-state index contributed by atoms with van der Waals surface area (Å²) in [7, 11) is 0. The fourth-order valence-electron chi connectivity index (χ4n) is 2.17. The molecular formula is C19H15CoNO. The first-order chi connectivity index (χ1) is 10.3. The van der Waals surface area contributed by atoms with E-state index in [1.54, 1.807) is 6.21 Å². The number of nitrogens with zero attached hydrogens (tertiary/aromatic N) is 1. The molecule has 3 heteroatoms. The molecule has 0 fully saturated rings. The molecule has 111 valence electrons. The van der Waals surface area contributed by atoms with E-state index in [2.05, 4.69) is 4.99 Å². The summed E-state index contributed by atoms with van der Waals surface area (Å²) in [6, 6.07) is 25.2. The van der Waals surface area contributed by atoms with E-state index in [1.165, 1.54) is 0 Å². The zero-order valence-corrected chi connectivity index (χ0v) is 12.9. The van der Waals surface area contributed by atoms with Gasteiger partial charge in [-0.3, -0.25) is 4.99 Å². The maximum Gasteiger partial charge on any atom is 0.132 e. The molecule has 0 amide bonds. The SMILES string of the molecule is Oc1c(C=Nc2ccccc2)cccc1-c1ccccc1.[Co]. The number of aromatic hydroxyl groups is 1. The quantitative estimate of drug-likeness (QED) is 0.686. The zero-order valence-electron chi connectivity index (χ0n) is 11.8. The molecule has 0 heterocycles. The van der Waals surface area contributed by atoms with Gasteiger partial charge in [-0.2, -0.15) is 0 Å². The molecule has 3 rings (SSSR count). The van der Waals surface area contributed by atoms with E-state index < -0.39 is 0 Å². The van der Waals surface area contributed by atoms with Crippen LogP contribution in [0.15, 0.2) is 83.9 Å². The standard InChI is InChI=1S/C19H15NO.Co/c21-19-16(14-20-17-11-5-2-6-12-17)10-7-13-18(19)15-8-3-1-4-9-15;/h1-14,21H;. The van der Waals surface area contributed by atoms with E-state index in [-0.39, 0.29) is 22.5 Å². The Kier molecular flexibility index (Phi) is 5.52. The molecule has 3 aromatic rings. The van der Waals surface area contributed by atoms with Gasteiger partial charge in [-0.15, -0.1) is 0 Å². The Bertz CT molecular complexity index is 755. The van der Waals surface area contributed by atoms with Gasteiger partial charge in [0, 0.05) is 34.1 Å². The van der Waals surface area contributed by atoms with Gasteiger partial charge < -0.3 is 5.11 Å². The van der Waals surface area contributed by atoms with Crippen LogP contribution in [0, 0.1) is 0 Å². The first-order valence-electron chi connectivity index (χ1n) is 6.81. The number of rotatable bonds is 3. The number of benzene rings is 3. The van der Waals surface area contributed by atoms with Crippen LogP contribution in [0.5, 0.6) is 5.75 Å². The summed E-state index contributed by atoms with van der Waals surface area (Å²) in [5.74, 6) is 0.253. The summed E-state index contributed by atoms with van der Waals surface area (Å²) < 4.78 is 0. The Morgan fingerprint density at radius 2 is 1.36 bits per heavy atom. The first-order valence-corrected chi connectivity index (χ1v) is 6.81. The topological polar surface area (TPSA) is 32.6 Å². The van der Waals surface area contributed by atoms with Crippen molar-refractivity contribution in [2.45, 2.75) is 0 Å². The van der Waals surface area contributed by atoms with Crippen molar-refractivity contribution in [2.24, 2.45) is 4.99 Å². The second kappa shape index (κ2) is 7.59. The minimum absolute atomic E-state index is 0. The molecule has 0 spiro atoms. The molecule has 1 N–H and O–H groups in total. The van der Waals surface area contributed by atoms with Gasteiger partial charge in [0.2, 0.25) is 0 Å². The van der Waals surface area contributed by atoms with Gasteiger partial charge in [0.15, 0.2) is 0 Å². The molecule has 22 heavy (non-hydrogen) atoms. The predicted molar refractivity (Wildman–Crippen MR) is 87.2 cm³/mol. The van der Waals surface area contributed by atoms with Crippen LogP contribution in [0.4, 0.5) is 5.69 Å². The number of hydrogen-bond donors (Lipinski definition) is 1. The Balaban J connectivity index is 0.00000176. The average Bonchev–Trinajstić information content (AvgIpc) is 2.56. The fraction of sp³-hybridized carbons (Fsp3) is 0. The number of phenols is 1. The van der Waals surface area contributed by atoms with Gasteiger partial charge in [0.1, 0.15) is 5.75 Å². The maximum atomic E-state index is 10.4. The third kappa shape index (κ3) is 3.64. The Morgan fingerprint density at radius 3 is 2.05 bits per heavy atom. The smallest absolute Gasteiger partial charge is 0.132 e. The van der Waals surface area contributed by atoms with Crippen LogP contribution >= 0.6 is 0 Å². The van der Waals surface area contributed by atoms with Crippen molar-refractivity contribution in [3.63, 3.8) is 0 Å². The summed E-state index contributed by atoms with van der Waals surface area (Å²) in [5, 5.41) is 10.4. The van der Waals surface area contributed by atoms with Crippen molar-refractivity contribution in [3.05, 3.63) is 84.4 Å². The van der Waals surface area contributed by atoms with Crippen LogP contribution < -0.4 is 0 Å². The molecule has 0 atom stereocenters. The van der Waals surface area contributed by atoms with E-state index in [0.29, 0.717) is 5.56 Å². The molecular weight excluding hydrogens is 317 g/mol. The van der Waals surface area contributed by atoms with Crippen molar-refractivity contribution >= 4 is 11.9 Å². The third-order valence-corrected chi connectivity index (χ3v) is 3.26. The van der Waals surface area contributed by atoms with E-state index >= 15 is 0 Å². The first kappa shape index (κ1) is 16.0. The molecule has 3 aromatic carbocycles. The molecule has 0 aliphatic carbocycles. The number of hydrogen-bond acceptors (Lipinski definition) is 2. The van der Waals surface area contributed by atoms with Crippen LogP contribution in [-0.2, 0) is 16.8 Å². The van der Waals surface area contributed by atoms with E-state index in [9.17, 15) is 5.11 Å². The van der Waals surface area contributed by atoms with Crippen LogP contribution in [0.3, 0.4) is 0 Å². The van der Waals surface area contributed by atoms with Crippen molar-refractivity contribution in [3.8, 4) is 16.9 Å². The molecule has 2 nitrogen and oxygen atoms in total. The van der Waals surface area contributed by atoms with E-state index in [1.807, 2.05) is 78.9 Å². The molecule has 0 saturated carbocycles.